The van der Waals surface area contributed by atoms with Crippen LogP contribution >= 0.6 is 0 Å². The molecule has 0 bridgehead atoms. The van der Waals surface area contributed by atoms with Gasteiger partial charge in [-0.05, 0) is 19.1 Å². The van der Waals surface area contributed by atoms with Crippen LogP contribution in [0.5, 0.6) is 0 Å². The van der Waals surface area contributed by atoms with Crippen LogP contribution in [0.4, 0.5) is 13.2 Å². The number of aromatic amines is 1. The zero-order valence-electron chi connectivity index (χ0n) is 10.9. The van der Waals surface area contributed by atoms with E-state index in [1.165, 1.54) is 30.5 Å². The smallest absolute Gasteiger partial charge is 0.417 e. The Balaban J connectivity index is 0.000000677. The lowest BCUT2D eigenvalue weighted by atomic mass is 9.99. The third kappa shape index (κ3) is 4.20. The molecule has 0 radical (unpaired) electrons. The van der Waals surface area contributed by atoms with Crippen molar-refractivity contribution in [1.82, 2.24) is 4.98 Å². The summed E-state index contributed by atoms with van der Waals surface area (Å²) in [6.07, 6.45) is -3.12. The minimum absolute atomic E-state index is 0.226. The fourth-order valence-corrected chi connectivity index (χ4v) is 1.72. The first-order valence-corrected chi connectivity index (χ1v) is 5.75. The maximum Gasteiger partial charge on any atom is 0.417 e. The molecule has 7 heteroatoms. The van der Waals surface area contributed by atoms with E-state index >= 15 is 0 Å². The molecule has 112 valence electrons. The fraction of sp³-hybridized carbons (Fsp3) is 0.143. The van der Waals surface area contributed by atoms with Gasteiger partial charge in [0.25, 0.3) is 6.47 Å². The summed E-state index contributed by atoms with van der Waals surface area (Å²) in [4.78, 5) is 23.1. The molecule has 0 unspecified atom stereocenters. The molecule has 0 saturated carbocycles. The number of carboxylic acid groups (broad SMARTS) is 1. The Morgan fingerprint density at radius 3 is 2.33 bits per heavy atom. The van der Waals surface area contributed by atoms with Crippen LogP contribution in [0.15, 0.2) is 36.5 Å². The van der Waals surface area contributed by atoms with Crippen molar-refractivity contribution in [3.8, 4) is 0 Å². The lowest BCUT2D eigenvalue weighted by molar-refractivity contribution is -0.137. The van der Waals surface area contributed by atoms with Gasteiger partial charge in [0.2, 0.25) is 0 Å². The molecule has 0 aliphatic heterocycles. The van der Waals surface area contributed by atoms with Gasteiger partial charge in [-0.2, -0.15) is 13.2 Å². The first-order chi connectivity index (χ1) is 9.81. The average Bonchev–Trinajstić information content (AvgIpc) is 2.84. The van der Waals surface area contributed by atoms with Gasteiger partial charge in [0.15, 0.2) is 5.78 Å². The molecule has 2 rings (SSSR count). The predicted octanol–water partition coefficient (Wildman–Crippen LogP) is 3.27. The molecule has 0 aliphatic carbocycles. The van der Waals surface area contributed by atoms with Crippen LogP contribution in [0.2, 0.25) is 0 Å². The zero-order valence-corrected chi connectivity index (χ0v) is 10.9. The summed E-state index contributed by atoms with van der Waals surface area (Å²) >= 11 is 0. The van der Waals surface area contributed by atoms with Gasteiger partial charge in [0, 0.05) is 23.0 Å². The number of alkyl halides is 3. The monoisotopic (exact) mass is 299 g/mol. The van der Waals surface area contributed by atoms with Gasteiger partial charge in [-0.25, -0.2) is 0 Å². The molecule has 4 nitrogen and oxygen atoms in total. The number of aromatic nitrogens is 1. The summed E-state index contributed by atoms with van der Waals surface area (Å²) in [5, 5.41) is 6.89. The number of hydrogen-bond donors (Lipinski definition) is 2. The Labute approximate surface area is 118 Å². The van der Waals surface area contributed by atoms with E-state index in [4.69, 9.17) is 9.90 Å². The highest BCUT2D eigenvalue weighted by atomic mass is 19.4. The summed E-state index contributed by atoms with van der Waals surface area (Å²) in [7, 11) is 0. The highest BCUT2D eigenvalue weighted by molar-refractivity contribution is 6.10. The number of benzene rings is 1. The van der Waals surface area contributed by atoms with E-state index in [2.05, 4.69) is 4.98 Å². The van der Waals surface area contributed by atoms with Crippen molar-refractivity contribution in [2.75, 3.05) is 0 Å². The quantitative estimate of drug-likeness (QED) is 0.660. The molecule has 0 amide bonds. The largest absolute Gasteiger partial charge is 0.483 e. The molecule has 1 heterocycles. The van der Waals surface area contributed by atoms with Crippen LogP contribution in [0.3, 0.4) is 0 Å². The van der Waals surface area contributed by atoms with E-state index in [1.807, 2.05) is 0 Å². The van der Waals surface area contributed by atoms with Crippen LogP contribution in [-0.4, -0.2) is 22.3 Å². The van der Waals surface area contributed by atoms with Crippen molar-refractivity contribution in [1.29, 1.82) is 0 Å². The van der Waals surface area contributed by atoms with E-state index in [-0.39, 0.29) is 17.6 Å². The average molecular weight is 299 g/mol. The predicted molar refractivity (Wildman–Crippen MR) is 69.1 cm³/mol. The van der Waals surface area contributed by atoms with Crippen molar-refractivity contribution in [2.24, 2.45) is 0 Å². The van der Waals surface area contributed by atoms with Crippen LogP contribution in [0, 0.1) is 6.92 Å². The van der Waals surface area contributed by atoms with Crippen LogP contribution in [0.1, 0.15) is 27.2 Å². The van der Waals surface area contributed by atoms with Gasteiger partial charge in [-0.15, -0.1) is 0 Å². The number of hydrogen-bond acceptors (Lipinski definition) is 2. The Bertz CT molecular complexity index is 632. The minimum atomic E-state index is -4.53. The van der Waals surface area contributed by atoms with Crippen LogP contribution in [0.25, 0.3) is 0 Å². The lowest BCUT2D eigenvalue weighted by Gasteiger charge is -2.10. The lowest BCUT2D eigenvalue weighted by Crippen LogP contribution is -2.13. The zero-order chi connectivity index (χ0) is 16.0. The highest BCUT2D eigenvalue weighted by Gasteiger charge is 2.35. The number of aryl methyl sites for hydroxylation is 1. The number of halogens is 3. The SMILES string of the molecule is Cc1cc(C(=O)c2ccccc2C(F)(F)F)c[nH]1.O=CO. The van der Waals surface area contributed by atoms with Gasteiger partial charge in [-0.1, -0.05) is 18.2 Å². The maximum atomic E-state index is 12.8. The second kappa shape index (κ2) is 6.74. The summed E-state index contributed by atoms with van der Waals surface area (Å²) in [6.45, 7) is 1.48. The molecule has 0 saturated heterocycles. The summed E-state index contributed by atoms with van der Waals surface area (Å²) in [5.74, 6) is -0.632. The molecule has 1 aromatic heterocycles. The third-order valence-electron chi connectivity index (χ3n) is 2.57. The number of H-pyrrole nitrogens is 1. The van der Waals surface area contributed by atoms with Crippen LogP contribution < -0.4 is 0 Å². The second-order valence-electron chi connectivity index (χ2n) is 4.05. The van der Waals surface area contributed by atoms with Crippen molar-refractivity contribution in [2.45, 2.75) is 13.1 Å². The Hall–Kier alpha value is -2.57. The first-order valence-electron chi connectivity index (χ1n) is 5.75. The van der Waals surface area contributed by atoms with Crippen LogP contribution in [-0.2, 0) is 11.0 Å². The van der Waals surface area contributed by atoms with E-state index < -0.39 is 17.5 Å². The van der Waals surface area contributed by atoms with Gasteiger partial charge in [-0.3, -0.25) is 9.59 Å². The van der Waals surface area contributed by atoms with Crippen molar-refractivity contribution < 1.29 is 27.9 Å². The molecule has 21 heavy (non-hydrogen) atoms. The van der Waals surface area contributed by atoms with Gasteiger partial charge < -0.3 is 10.1 Å². The summed E-state index contributed by atoms with van der Waals surface area (Å²) < 4.78 is 38.3. The Morgan fingerprint density at radius 1 is 1.29 bits per heavy atom. The normalized spacial score (nSPS) is 10.5. The number of carbonyl (C=O) groups is 2. The summed E-state index contributed by atoms with van der Waals surface area (Å²) in [6, 6.07) is 6.31. The second-order valence-corrected chi connectivity index (χ2v) is 4.05. The number of nitrogens with one attached hydrogen (secondary N) is 1. The third-order valence-corrected chi connectivity index (χ3v) is 2.57. The molecule has 1 aromatic carbocycles. The fourth-order valence-electron chi connectivity index (χ4n) is 1.72. The molecule has 2 aromatic rings. The molecule has 2 N–H and O–H groups in total. The van der Waals surface area contributed by atoms with E-state index in [1.54, 1.807) is 6.92 Å². The topological polar surface area (TPSA) is 70.2 Å². The van der Waals surface area contributed by atoms with E-state index in [0.29, 0.717) is 0 Å². The standard InChI is InChI=1S/C13H10F3NO.CH2O2/c1-8-6-9(7-17-8)12(18)10-4-2-3-5-11(10)13(14,15)16;2-1-3/h2-7,17H,1H3;1H,(H,2,3). The van der Waals surface area contributed by atoms with Gasteiger partial charge >= 0.3 is 6.18 Å². The molecule has 0 spiro atoms. The molecular weight excluding hydrogens is 287 g/mol. The molecule has 0 fully saturated rings. The van der Waals surface area contributed by atoms with Gasteiger partial charge in [0.05, 0.1) is 5.56 Å². The first kappa shape index (κ1) is 16.5. The number of rotatable bonds is 2. The van der Waals surface area contributed by atoms with E-state index in [9.17, 15) is 18.0 Å². The maximum absolute atomic E-state index is 12.8. The number of carbonyl (C=O) groups excluding carboxylic acids is 1. The number of ketones is 1. The summed E-state index contributed by atoms with van der Waals surface area (Å²) in [5.41, 5.74) is -0.287. The van der Waals surface area contributed by atoms with Crippen molar-refractivity contribution in [3.63, 3.8) is 0 Å². The molecular formula is C14H12F3NO3. The molecule has 0 aliphatic rings. The highest BCUT2D eigenvalue weighted by Crippen LogP contribution is 2.32. The Morgan fingerprint density at radius 2 is 1.86 bits per heavy atom. The molecule has 0 atom stereocenters. The van der Waals surface area contributed by atoms with Gasteiger partial charge in [0.1, 0.15) is 0 Å². The van der Waals surface area contributed by atoms with E-state index in [0.717, 1.165) is 11.8 Å². The van der Waals surface area contributed by atoms with Crippen molar-refractivity contribution >= 4 is 12.3 Å². The van der Waals surface area contributed by atoms with Crippen molar-refractivity contribution in [3.05, 3.63) is 58.9 Å². The minimum Gasteiger partial charge on any atom is -0.483 e. The Kier molecular flexibility index (Phi) is 5.29.